The Hall–Kier alpha value is -4.35. The van der Waals surface area contributed by atoms with E-state index < -0.39 is 5.41 Å². The van der Waals surface area contributed by atoms with Crippen molar-refractivity contribution in [2.75, 3.05) is 9.80 Å². The molecule has 0 bridgehead atoms. The van der Waals surface area contributed by atoms with Crippen LogP contribution in [0.2, 0.25) is 0 Å². The lowest BCUT2D eigenvalue weighted by Crippen LogP contribution is -2.61. The van der Waals surface area contributed by atoms with Gasteiger partial charge in [-0.2, -0.15) is 0 Å². The molecule has 6 aromatic rings. The molecule has 0 atom stereocenters. The normalized spacial score (nSPS) is 17.7. The van der Waals surface area contributed by atoms with E-state index in [-0.39, 0.29) is 40.5 Å². The van der Waals surface area contributed by atoms with E-state index in [9.17, 15) is 4.11 Å². The van der Waals surface area contributed by atoms with Crippen molar-refractivity contribution in [3.63, 3.8) is 0 Å². The van der Waals surface area contributed by atoms with Crippen LogP contribution in [0.4, 0.5) is 34.3 Å². The molecule has 1 aliphatic carbocycles. The van der Waals surface area contributed by atoms with Gasteiger partial charge in [0.15, 0.2) is 0 Å². The molecule has 0 saturated heterocycles. The molecule has 3 aliphatic rings. The summed E-state index contributed by atoms with van der Waals surface area (Å²) in [7, 11) is 0. The SMILES string of the molecule is [2H]c1c(C(C)(C)C)c([2H])c2c3c(sc2c1[2H])B1c2cc(C(C)(C)C)ccc2N(c2ccc(C(C)(C)C)cc2)c2nc(C)cc(c21)N3c1ccc2c(c1)C(C)(C)CCC2(C)C. The van der Waals surface area contributed by atoms with E-state index in [0.29, 0.717) is 16.3 Å². The van der Waals surface area contributed by atoms with Crippen LogP contribution in [0.3, 0.4) is 0 Å². The molecule has 0 spiro atoms. The van der Waals surface area contributed by atoms with Gasteiger partial charge in [-0.05, 0) is 134 Å². The molecule has 292 valence electrons. The van der Waals surface area contributed by atoms with Crippen LogP contribution in [0.15, 0.2) is 84.9 Å². The van der Waals surface area contributed by atoms with Crippen molar-refractivity contribution >= 4 is 78.1 Å². The van der Waals surface area contributed by atoms with Crippen molar-refractivity contribution in [1.82, 2.24) is 4.98 Å². The zero-order valence-electron chi connectivity index (χ0n) is 39.6. The molecule has 0 radical (unpaired) electrons. The first-order chi connectivity index (χ1) is 27.8. The van der Waals surface area contributed by atoms with E-state index in [4.69, 9.17) is 4.98 Å². The van der Waals surface area contributed by atoms with E-state index >= 15 is 0 Å². The average Bonchev–Trinajstić information content (AvgIpc) is 3.55. The standard InChI is InChI=1S/C52H60BN3S/c1-31-27-42-44-47(54-31)56(35-19-15-32(16-20-35)48(2,3)4)41-23-17-34(50(8,9)10)29-40(41)53(44)46-45(37-28-33(49(5,6)7)18-24-43(37)57-46)55(42)36-21-22-38-39(30-36)52(13,14)26-25-51(38,11)12/h15-24,27-30H,25-26H2,1-14H3/i18D,24D,28D. The minimum atomic E-state index is -0.498. The minimum absolute atomic E-state index is 0.0148. The third-order valence-electron chi connectivity index (χ3n) is 13.1. The fourth-order valence-corrected chi connectivity index (χ4v) is 10.7. The predicted molar refractivity (Wildman–Crippen MR) is 250 cm³/mol. The fourth-order valence-electron chi connectivity index (χ4n) is 9.47. The predicted octanol–water partition coefficient (Wildman–Crippen LogP) is 12.9. The van der Waals surface area contributed by atoms with E-state index in [1.807, 2.05) is 0 Å². The number of thiophene rings is 1. The summed E-state index contributed by atoms with van der Waals surface area (Å²) in [4.78, 5) is 10.3. The molecular formula is C52H60BN3S. The van der Waals surface area contributed by atoms with Gasteiger partial charge in [-0.25, -0.2) is 4.98 Å². The second-order valence-electron chi connectivity index (χ2n) is 21.5. The summed E-state index contributed by atoms with van der Waals surface area (Å²) in [6.07, 6.45) is 2.24. The molecule has 3 nitrogen and oxygen atoms in total. The van der Waals surface area contributed by atoms with Crippen molar-refractivity contribution in [2.45, 2.75) is 137 Å². The Balaban J connectivity index is 1.44. The van der Waals surface area contributed by atoms with Crippen molar-refractivity contribution in [3.05, 3.63) is 118 Å². The highest BCUT2D eigenvalue weighted by Gasteiger charge is 2.47. The lowest BCUT2D eigenvalue weighted by molar-refractivity contribution is 0.332. The molecule has 4 heterocycles. The van der Waals surface area contributed by atoms with Crippen LogP contribution in [0.1, 0.15) is 140 Å². The first-order valence-electron chi connectivity index (χ1n) is 22.4. The molecular weight excluding hydrogens is 709 g/mol. The van der Waals surface area contributed by atoms with Crippen LogP contribution in [-0.2, 0) is 27.1 Å². The molecule has 0 saturated carbocycles. The third-order valence-corrected chi connectivity index (χ3v) is 14.3. The molecule has 57 heavy (non-hydrogen) atoms. The molecule has 0 amide bonds. The van der Waals surface area contributed by atoms with E-state index in [2.05, 4.69) is 173 Å². The zero-order valence-corrected chi connectivity index (χ0v) is 37.4. The average molecular weight is 773 g/mol. The Bertz CT molecular complexity index is 2780. The molecule has 0 N–H and O–H groups in total. The highest BCUT2D eigenvalue weighted by molar-refractivity contribution is 7.33. The van der Waals surface area contributed by atoms with Crippen molar-refractivity contribution in [3.8, 4) is 0 Å². The number of nitrogens with zero attached hydrogens (tertiary/aromatic N) is 3. The summed E-state index contributed by atoms with van der Waals surface area (Å²) < 4.78 is 30.8. The van der Waals surface area contributed by atoms with Gasteiger partial charge in [0.25, 0.3) is 6.71 Å². The summed E-state index contributed by atoms with van der Waals surface area (Å²) in [6.45, 7) is 31.2. The number of pyridine rings is 1. The fraction of sp³-hybridized carbons (Fsp3) is 0.404. The van der Waals surface area contributed by atoms with Crippen molar-refractivity contribution in [1.29, 1.82) is 0 Å². The van der Waals surface area contributed by atoms with Gasteiger partial charge in [-0.15, -0.1) is 11.3 Å². The number of fused-ring (bicyclic) bond motifs is 7. The van der Waals surface area contributed by atoms with Gasteiger partial charge < -0.3 is 4.90 Å². The Kier molecular flexibility index (Phi) is 7.50. The number of aromatic nitrogens is 1. The van der Waals surface area contributed by atoms with Gasteiger partial charge in [0, 0.05) is 43.3 Å². The molecule has 9 rings (SSSR count). The summed E-state index contributed by atoms with van der Waals surface area (Å²) in [6, 6.07) is 26.1. The van der Waals surface area contributed by atoms with Crippen LogP contribution in [0.25, 0.3) is 10.1 Å². The van der Waals surface area contributed by atoms with Crippen LogP contribution in [0, 0.1) is 6.92 Å². The molecule has 4 aromatic carbocycles. The first-order valence-corrected chi connectivity index (χ1v) is 21.7. The van der Waals surface area contributed by atoms with Gasteiger partial charge in [0.1, 0.15) is 5.82 Å². The van der Waals surface area contributed by atoms with Crippen molar-refractivity contribution < 1.29 is 4.11 Å². The minimum Gasteiger partial charge on any atom is -0.310 e. The summed E-state index contributed by atoms with van der Waals surface area (Å²) in [5.74, 6) is 0.913. The van der Waals surface area contributed by atoms with Gasteiger partial charge >= 0.3 is 0 Å². The monoisotopic (exact) mass is 772 g/mol. The third kappa shape index (κ3) is 6.00. The second-order valence-corrected chi connectivity index (χ2v) is 22.5. The van der Waals surface area contributed by atoms with Crippen LogP contribution in [0.5, 0.6) is 0 Å². The number of benzene rings is 4. The lowest BCUT2D eigenvalue weighted by atomic mass is 9.36. The molecule has 2 aliphatic heterocycles. The lowest BCUT2D eigenvalue weighted by Gasteiger charge is -2.44. The number of hydrogen-bond donors (Lipinski definition) is 0. The van der Waals surface area contributed by atoms with Crippen LogP contribution >= 0.6 is 11.3 Å². The quantitative estimate of drug-likeness (QED) is 0.163. The number of aryl methyl sites for hydroxylation is 1. The Morgan fingerprint density at radius 2 is 1.28 bits per heavy atom. The Morgan fingerprint density at radius 3 is 1.93 bits per heavy atom. The maximum absolute atomic E-state index is 10.0. The molecule has 5 heteroatoms. The molecule has 0 unspecified atom stereocenters. The van der Waals surface area contributed by atoms with E-state index in [0.717, 1.165) is 68.4 Å². The van der Waals surface area contributed by atoms with Crippen molar-refractivity contribution in [2.24, 2.45) is 0 Å². The molecule has 2 aromatic heterocycles. The van der Waals surface area contributed by atoms with Gasteiger partial charge in [-0.1, -0.05) is 126 Å². The second kappa shape index (κ2) is 12.3. The van der Waals surface area contributed by atoms with Gasteiger partial charge in [0.05, 0.1) is 9.80 Å². The number of rotatable bonds is 2. The summed E-state index contributed by atoms with van der Waals surface area (Å²) in [5.41, 5.74) is 13.9. The highest BCUT2D eigenvalue weighted by Crippen LogP contribution is 2.52. The smallest absolute Gasteiger partial charge is 0.266 e. The zero-order chi connectivity index (χ0) is 43.4. The van der Waals surface area contributed by atoms with Crippen LogP contribution < -0.4 is 25.5 Å². The maximum Gasteiger partial charge on any atom is 0.266 e. The summed E-state index contributed by atoms with van der Waals surface area (Å²) >= 11 is 1.61. The topological polar surface area (TPSA) is 19.4 Å². The Morgan fingerprint density at radius 1 is 0.667 bits per heavy atom. The van der Waals surface area contributed by atoms with Gasteiger partial charge in [0.2, 0.25) is 0 Å². The number of anilines is 6. The largest absolute Gasteiger partial charge is 0.310 e. The highest BCUT2D eigenvalue weighted by atomic mass is 32.1. The van der Waals surface area contributed by atoms with Gasteiger partial charge in [-0.3, -0.25) is 4.90 Å². The first kappa shape index (κ1) is 34.7. The Labute approximate surface area is 350 Å². The number of hydrogen-bond acceptors (Lipinski definition) is 4. The van der Waals surface area contributed by atoms with Crippen LogP contribution in [-0.4, -0.2) is 11.7 Å². The van der Waals surface area contributed by atoms with E-state index in [1.165, 1.54) is 27.7 Å². The van der Waals surface area contributed by atoms with E-state index in [1.54, 1.807) is 11.3 Å². The molecule has 0 fully saturated rings. The maximum atomic E-state index is 10.0. The summed E-state index contributed by atoms with van der Waals surface area (Å²) in [5, 5.41) is 0.772.